The predicted molar refractivity (Wildman–Crippen MR) is 97.9 cm³/mol. The number of hydrogen-bond donors (Lipinski definition) is 1. The smallest absolute Gasteiger partial charge is 0.267 e. The molecule has 0 spiro atoms. The Labute approximate surface area is 148 Å². The van der Waals surface area contributed by atoms with Gasteiger partial charge in [0.1, 0.15) is 0 Å². The molecule has 1 N–H and O–H groups in total. The van der Waals surface area contributed by atoms with Crippen molar-refractivity contribution in [3.05, 3.63) is 100 Å². The van der Waals surface area contributed by atoms with E-state index in [1.54, 1.807) is 18.3 Å². The van der Waals surface area contributed by atoms with Gasteiger partial charge in [-0.1, -0.05) is 58.4 Å². The van der Waals surface area contributed by atoms with Gasteiger partial charge in [-0.05, 0) is 24.3 Å². The zero-order chi connectivity index (χ0) is 16.8. The second-order valence-corrected chi connectivity index (χ2v) is 5.93. The molecule has 2 aromatic carbocycles. The van der Waals surface area contributed by atoms with Crippen LogP contribution in [0.1, 0.15) is 21.5 Å². The average molecular weight is 380 g/mol. The predicted octanol–water partition coefficient (Wildman–Crippen LogP) is 4.03. The number of hydrazone groups is 1. The van der Waals surface area contributed by atoms with Gasteiger partial charge in [0.25, 0.3) is 5.91 Å². The van der Waals surface area contributed by atoms with Crippen molar-refractivity contribution in [3.8, 4) is 0 Å². The number of benzene rings is 2. The van der Waals surface area contributed by atoms with Crippen LogP contribution in [0.15, 0.2) is 88.7 Å². The molecule has 0 unspecified atom stereocenters. The third kappa shape index (κ3) is 3.94. The zero-order valence-corrected chi connectivity index (χ0v) is 14.3. The lowest BCUT2D eigenvalue weighted by atomic mass is 10.0. The lowest BCUT2D eigenvalue weighted by Gasteiger charge is -2.08. The number of pyridine rings is 1. The number of aromatic nitrogens is 1. The maximum Gasteiger partial charge on any atom is 0.272 e. The largest absolute Gasteiger partial charge is 0.272 e. The van der Waals surface area contributed by atoms with Gasteiger partial charge >= 0.3 is 0 Å². The van der Waals surface area contributed by atoms with E-state index in [9.17, 15) is 4.79 Å². The van der Waals surface area contributed by atoms with E-state index in [4.69, 9.17) is 0 Å². The molecular weight excluding hydrogens is 366 g/mol. The van der Waals surface area contributed by atoms with Gasteiger partial charge in [0.05, 0.1) is 11.3 Å². The van der Waals surface area contributed by atoms with Gasteiger partial charge in [-0.25, -0.2) is 5.43 Å². The quantitative estimate of drug-likeness (QED) is 0.549. The van der Waals surface area contributed by atoms with Crippen LogP contribution in [0.25, 0.3) is 0 Å². The molecule has 4 nitrogen and oxygen atoms in total. The topological polar surface area (TPSA) is 54.4 Å². The molecule has 0 bridgehead atoms. The number of amides is 1. The first kappa shape index (κ1) is 16.1. The molecule has 1 heterocycles. The Morgan fingerprint density at radius 2 is 1.54 bits per heavy atom. The molecule has 0 saturated carbocycles. The summed E-state index contributed by atoms with van der Waals surface area (Å²) in [5, 5.41) is 4.34. The summed E-state index contributed by atoms with van der Waals surface area (Å²) in [5.41, 5.74) is 5.60. The maximum atomic E-state index is 12.2. The first-order chi connectivity index (χ1) is 11.7. The first-order valence-electron chi connectivity index (χ1n) is 7.33. The van der Waals surface area contributed by atoms with E-state index in [-0.39, 0.29) is 5.91 Å². The van der Waals surface area contributed by atoms with Crippen LogP contribution in [0.4, 0.5) is 0 Å². The minimum atomic E-state index is -0.298. The van der Waals surface area contributed by atoms with Gasteiger partial charge in [0.15, 0.2) is 0 Å². The fourth-order valence-corrected chi connectivity index (χ4v) is 2.43. The van der Waals surface area contributed by atoms with Crippen LogP contribution in [0.2, 0.25) is 0 Å². The van der Waals surface area contributed by atoms with E-state index < -0.39 is 0 Å². The third-order valence-corrected chi connectivity index (χ3v) is 3.89. The Bertz CT molecular complexity index is 847. The van der Waals surface area contributed by atoms with Gasteiger partial charge in [0, 0.05) is 28.0 Å². The average Bonchev–Trinajstić information content (AvgIpc) is 2.65. The van der Waals surface area contributed by atoms with Gasteiger partial charge in [-0.15, -0.1) is 0 Å². The van der Waals surface area contributed by atoms with Crippen molar-refractivity contribution in [3.63, 3.8) is 0 Å². The monoisotopic (exact) mass is 379 g/mol. The Morgan fingerprint density at radius 3 is 2.21 bits per heavy atom. The molecule has 24 heavy (non-hydrogen) atoms. The van der Waals surface area contributed by atoms with Crippen molar-refractivity contribution >= 4 is 27.5 Å². The highest BCUT2D eigenvalue weighted by Crippen LogP contribution is 2.15. The summed E-state index contributed by atoms with van der Waals surface area (Å²) in [6, 6.07) is 20.9. The fraction of sp³-hybridized carbons (Fsp3) is 0. The van der Waals surface area contributed by atoms with E-state index in [1.807, 2.05) is 54.6 Å². The minimum Gasteiger partial charge on any atom is -0.267 e. The van der Waals surface area contributed by atoms with Gasteiger partial charge in [-0.3, -0.25) is 9.78 Å². The summed E-state index contributed by atoms with van der Waals surface area (Å²) >= 11 is 3.43. The SMILES string of the molecule is O=C(N/N=C(/c1ccccc1)c1ccc(Br)cc1)c1cccnc1. The number of nitrogens with zero attached hydrogens (tertiary/aromatic N) is 2. The molecule has 0 aliphatic carbocycles. The van der Waals surface area contributed by atoms with Crippen molar-refractivity contribution in [1.82, 2.24) is 10.4 Å². The highest BCUT2D eigenvalue weighted by molar-refractivity contribution is 9.10. The second-order valence-electron chi connectivity index (χ2n) is 5.02. The van der Waals surface area contributed by atoms with Crippen molar-refractivity contribution in [2.75, 3.05) is 0 Å². The van der Waals surface area contributed by atoms with Crippen LogP contribution in [0, 0.1) is 0 Å². The summed E-state index contributed by atoms with van der Waals surface area (Å²) in [4.78, 5) is 16.1. The molecule has 118 valence electrons. The highest BCUT2D eigenvalue weighted by atomic mass is 79.9. The van der Waals surface area contributed by atoms with E-state index >= 15 is 0 Å². The number of rotatable bonds is 4. The summed E-state index contributed by atoms with van der Waals surface area (Å²) in [7, 11) is 0. The van der Waals surface area contributed by atoms with E-state index in [2.05, 4.69) is 31.4 Å². The van der Waals surface area contributed by atoms with E-state index in [1.165, 1.54) is 6.20 Å². The third-order valence-electron chi connectivity index (χ3n) is 3.36. The summed E-state index contributed by atoms with van der Waals surface area (Å²) in [5.74, 6) is -0.298. The molecule has 0 radical (unpaired) electrons. The minimum absolute atomic E-state index is 0.298. The van der Waals surface area contributed by atoms with Crippen molar-refractivity contribution in [2.24, 2.45) is 5.10 Å². The van der Waals surface area contributed by atoms with Crippen molar-refractivity contribution < 1.29 is 4.79 Å². The highest BCUT2D eigenvalue weighted by Gasteiger charge is 2.09. The molecule has 0 saturated heterocycles. The Hall–Kier alpha value is -2.79. The summed E-state index contributed by atoms with van der Waals surface area (Å²) < 4.78 is 0.984. The fourth-order valence-electron chi connectivity index (χ4n) is 2.17. The van der Waals surface area contributed by atoms with Crippen LogP contribution in [-0.2, 0) is 0 Å². The molecule has 3 rings (SSSR count). The summed E-state index contributed by atoms with van der Waals surface area (Å²) in [6.45, 7) is 0. The van der Waals surface area contributed by atoms with Crippen LogP contribution >= 0.6 is 15.9 Å². The van der Waals surface area contributed by atoms with Crippen LogP contribution < -0.4 is 5.43 Å². The molecule has 1 aromatic heterocycles. The molecule has 3 aromatic rings. The second kappa shape index (κ2) is 7.66. The molecular formula is C19H14BrN3O. The molecule has 0 aliphatic rings. The molecule has 0 aliphatic heterocycles. The van der Waals surface area contributed by atoms with Crippen LogP contribution in [0.5, 0.6) is 0 Å². The number of carbonyl (C=O) groups excluding carboxylic acids is 1. The van der Waals surface area contributed by atoms with Crippen LogP contribution in [0.3, 0.4) is 0 Å². The summed E-state index contributed by atoms with van der Waals surface area (Å²) in [6.07, 6.45) is 3.13. The number of hydrogen-bond acceptors (Lipinski definition) is 3. The van der Waals surface area contributed by atoms with Gasteiger partial charge in [-0.2, -0.15) is 5.10 Å². The molecule has 0 fully saturated rings. The number of halogens is 1. The van der Waals surface area contributed by atoms with E-state index in [0.717, 1.165) is 15.6 Å². The van der Waals surface area contributed by atoms with Crippen LogP contribution in [-0.4, -0.2) is 16.6 Å². The standard InChI is InChI=1S/C19H14BrN3O/c20-17-10-8-15(9-11-17)18(14-5-2-1-3-6-14)22-23-19(24)16-7-4-12-21-13-16/h1-13H,(H,23,24)/b22-18-. The number of carbonyl (C=O) groups is 1. The maximum absolute atomic E-state index is 12.2. The Balaban J connectivity index is 1.93. The molecule has 5 heteroatoms. The Kier molecular flexibility index (Phi) is 5.13. The number of nitrogens with one attached hydrogen (secondary N) is 1. The van der Waals surface area contributed by atoms with Gasteiger partial charge in [0.2, 0.25) is 0 Å². The molecule has 1 amide bonds. The van der Waals surface area contributed by atoms with Gasteiger partial charge < -0.3 is 0 Å². The lowest BCUT2D eigenvalue weighted by Crippen LogP contribution is -2.20. The van der Waals surface area contributed by atoms with E-state index in [0.29, 0.717) is 11.3 Å². The normalized spacial score (nSPS) is 11.1. The first-order valence-corrected chi connectivity index (χ1v) is 8.13. The molecule has 0 atom stereocenters. The lowest BCUT2D eigenvalue weighted by molar-refractivity contribution is 0.0954. The zero-order valence-electron chi connectivity index (χ0n) is 12.7. The van der Waals surface area contributed by atoms with Crippen molar-refractivity contribution in [1.29, 1.82) is 0 Å². The van der Waals surface area contributed by atoms with Crippen molar-refractivity contribution in [2.45, 2.75) is 0 Å². The Morgan fingerprint density at radius 1 is 0.875 bits per heavy atom.